The molecule has 1 N–H and O–H groups in total. The maximum absolute atomic E-state index is 13.1. The number of nitrogens with zero attached hydrogens (tertiary/aromatic N) is 3. The smallest absolute Gasteiger partial charge is 0.238 e. The molecule has 1 unspecified atom stereocenters. The zero-order valence-electron chi connectivity index (χ0n) is 20.2. The fourth-order valence-corrected chi connectivity index (χ4v) is 4.63. The van der Waals surface area contributed by atoms with Gasteiger partial charge in [-0.1, -0.05) is 52.3 Å². The summed E-state index contributed by atoms with van der Waals surface area (Å²) in [4.78, 5) is 34.2. The van der Waals surface area contributed by atoms with Crippen LogP contribution in [-0.4, -0.2) is 49.6 Å². The van der Waals surface area contributed by atoms with Crippen LogP contribution in [0.25, 0.3) is 0 Å². The summed E-state index contributed by atoms with van der Waals surface area (Å²) < 4.78 is 0.909. The van der Waals surface area contributed by atoms with Crippen LogP contribution in [0.15, 0.2) is 82.3 Å². The Morgan fingerprint density at radius 2 is 1.71 bits per heavy atom. The van der Waals surface area contributed by atoms with E-state index in [-0.39, 0.29) is 11.8 Å². The topological polar surface area (TPSA) is 65.0 Å². The highest BCUT2D eigenvalue weighted by Gasteiger charge is 2.35. The first-order chi connectivity index (χ1) is 16.8. The van der Waals surface area contributed by atoms with Gasteiger partial charge in [0.1, 0.15) is 5.92 Å². The van der Waals surface area contributed by atoms with Crippen molar-refractivity contribution in [1.82, 2.24) is 4.90 Å². The molecule has 3 aromatic carbocycles. The van der Waals surface area contributed by atoms with Crippen molar-refractivity contribution in [1.29, 1.82) is 0 Å². The number of amides is 2. The van der Waals surface area contributed by atoms with Crippen LogP contribution in [0.2, 0.25) is 0 Å². The van der Waals surface area contributed by atoms with Gasteiger partial charge in [0.2, 0.25) is 11.8 Å². The molecule has 0 saturated carbocycles. The van der Waals surface area contributed by atoms with E-state index in [1.165, 1.54) is 0 Å². The Balaban J connectivity index is 1.68. The number of carbonyl (C=O) groups excluding carboxylic acids is 2. The minimum atomic E-state index is -0.514. The molecule has 35 heavy (non-hydrogen) atoms. The van der Waals surface area contributed by atoms with E-state index in [0.29, 0.717) is 12.3 Å². The van der Waals surface area contributed by atoms with Gasteiger partial charge in [0.05, 0.1) is 11.4 Å². The molecule has 1 aliphatic heterocycles. The Labute approximate surface area is 214 Å². The number of carbonyl (C=O) groups is 2. The minimum Gasteiger partial charge on any atom is -0.325 e. The SMILES string of the molecule is CC(=O)N(CCCN(C)C)c1ccc(N=C(c2ccccc2)C2C(=O)Nc3cc(Br)ccc32)cc1. The van der Waals surface area contributed by atoms with Gasteiger partial charge in [-0.3, -0.25) is 14.6 Å². The molecule has 6 nitrogen and oxygen atoms in total. The highest BCUT2D eigenvalue weighted by molar-refractivity contribution is 9.10. The second-order valence-electron chi connectivity index (χ2n) is 8.86. The molecule has 1 aliphatic rings. The molecule has 0 aliphatic carbocycles. The summed E-state index contributed by atoms with van der Waals surface area (Å²) in [5.74, 6) is -0.601. The first kappa shape index (κ1) is 24.8. The molecule has 0 fully saturated rings. The quantitative estimate of drug-likeness (QED) is 0.383. The summed E-state index contributed by atoms with van der Waals surface area (Å²) in [6.45, 7) is 3.15. The summed E-state index contributed by atoms with van der Waals surface area (Å²) in [5, 5.41) is 2.99. The molecule has 1 heterocycles. The Hall–Kier alpha value is -3.29. The lowest BCUT2D eigenvalue weighted by Gasteiger charge is -2.22. The second-order valence-corrected chi connectivity index (χ2v) is 9.78. The molecular formula is C28H29BrN4O2. The van der Waals surface area contributed by atoms with Crippen molar-refractivity contribution in [3.05, 3.63) is 88.4 Å². The predicted octanol–water partition coefficient (Wildman–Crippen LogP) is 5.61. The standard InChI is InChI=1S/C28H29BrN4O2/c1-19(34)33(17-7-16-32(2)3)23-13-11-22(12-14-23)30-27(20-8-5-4-6-9-20)26-24-15-10-21(29)18-25(24)31-28(26)35/h4-6,8-15,18,26H,7,16-17H2,1-3H3,(H,31,35). The van der Waals surface area contributed by atoms with Gasteiger partial charge in [-0.05, 0) is 74.6 Å². The molecule has 2 amide bonds. The van der Waals surface area contributed by atoms with Crippen LogP contribution in [0.4, 0.5) is 17.1 Å². The van der Waals surface area contributed by atoms with Gasteiger partial charge < -0.3 is 15.1 Å². The van der Waals surface area contributed by atoms with Crippen molar-refractivity contribution >= 4 is 50.5 Å². The zero-order chi connectivity index (χ0) is 24.9. The zero-order valence-corrected chi connectivity index (χ0v) is 21.7. The number of rotatable bonds is 8. The third-order valence-corrected chi connectivity index (χ3v) is 6.46. The van der Waals surface area contributed by atoms with Crippen molar-refractivity contribution in [3.63, 3.8) is 0 Å². The fraction of sp³-hybridized carbons (Fsp3) is 0.250. The Morgan fingerprint density at radius 3 is 2.37 bits per heavy atom. The summed E-state index contributed by atoms with van der Waals surface area (Å²) in [6, 6.07) is 23.2. The molecule has 0 aromatic heterocycles. The van der Waals surface area contributed by atoms with Crippen LogP contribution < -0.4 is 10.2 Å². The van der Waals surface area contributed by atoms with Crippen LogP contribution >= 0.6 is 15.9 Å². The van der Waals surface area contributed by atoms with Gasteiger partial charge in [-0.2, -0.15) is 0 Å². The van der Waals surface area contributed by atoms with Crippen molar-refractivity contribution in [2.24, 2.45) is 4.99 Å². The summed E-state index contributed by atoms with van der Waals surface area (Å²) >= 11 is 3.48. The van der Waals surface area contributed by atoms with Gasteiger partial charge in [0, 0.05) is 29.3 Å². The normalized spacial score (nSPS) is 15.2. The fourth-order valence-electron chi connectivity index (χ4n) is 4.27. The van der Waals surface area contributed by atoms with Crippen molar-refractivity contribution in [2.75, 3.05) is 37.4 Å². The van der Waals surface area contributed by atoms with E-state index in [4.69, 9.17) is 4.99 Å². The summed E-state index contributed by atoms with van der Waals surface area (Å²) in [5.41, 5.74) is 4.84. The third-order valence-electron chi connectivity index (χ3n) is 5.97. The van der Waals surface area contributed by atoms with Gasteiger partial charge in [-0.25, -0.2) is 0 Å². The van der Waals surface area contributed by atoms with E-state index >= 15 is 0 Å². The van der Waals surface area contributed by atoms with Gasteiger partial charge in [0.15, 0.2) is 0 Å². The average molecular weight is 533 g/mol. The number of hydrogen-bond acceptors (Lipinski definition) is 4. The van der Waals surface area contributed by atoms with Gasteiger partial charge in [0.25, 0.3) is 0 Å². The third kappa shape index (κ3) is 5.86. The van der Waals surface area contributed by atoms with Gasteiger partial charge >= 0.3 is 0 Å². The number of nitrogens with one attached hydrogen (secondary N) is 1. The first-order valence-corrected chi connectivity index (χ1v) is 12.4. The highest BCUT2D eigenvalue weighted by Crippen LogP contribution is 2.38. The van der Waals surface area contributed by atoms with Crippen molar-refractivity contribution in [3.8, 4) is 0 Å². The van der Waals surface area contributed by atoms with E-state index in [2.05, 4.69) is 26.1 Å². The number of fused-ring (bicyclic) bond motifs is 1. The summed E-state index contributed by atoms with van der Waals surface area (Å²) in [7, 11) is 4.05. The van der Waals surface area contributed by atoms with Crippen LogP contribution in [0.1, 0.15) is 30.4 Å². The lowest BCUT2D eigenvalue weighted by molar-refractivity contribution is -0.117. The van der Waals surface area contributed by atoms with Crippen molar-refractivity contribution < 1.29 is 9.59 Å². The Morgan fingerprint density at radius 1 is 1.00 bits per heavy atom. The van der Waals surface area contributed by atoms with Crippen LogP contribution in [-0.2, 0) is 9.59 Å². The molecule has 0 radical (unpaired) electrons. The number of aliphatic imine (C=N–C) groups is 1. The molecule has 1 atom stereocenters. The average Bonchev–Trinajstić information content (AvgIpc) is 3.15. The largest absolute Gasteiger partial charge is 0.325 e. The number of hydrogen-bond donors (Lipinski definition) is 1. The van der Waals surface area contributed by atoms with E-state index < -0.39 is 5.92 Å². The number of anilines is 2. The molecule has 180 valence electrons. The molecule has 0 bridgehead atoms. The van der Waals surface area contributed by atoms with Crippen LogP contribution in [0, 0.1) is 0 Å². The van der Waals surface area contributed by atoms with E-state index in [0.717, 1.165) is 45.6 Å². The van der Waals surface area contributed by atoms with Crippen molar-refractivity contribution in [2.45, 2.75) is 19.3 Å². The number of benzene rings is 3. The lowest BCUT2D eigenvalue weighted by Crippen LogP contribution is -2.31. The van der Waals surface area contributed by atoms with E-state index in [1.807, 2.05) is 86.9 Å². The van der Waals surface area contributed by atoms with Crippen LogP contribution in [0.3, 0.4) is 0 Å². The Bertz CT molecular complexity index is 1240. The maximum atomic E-state index is 13.1. The summed E-state index contributed by atoms with van der Waals surface area (Å²) in [6.07, 6.45) is 0.886. The molecule has 0 spiro atoms. The lowest BCUT2D eigenvalue weighted by atomic mass is 9.90. The molecule has 3 aromatic rings. The van der Waals surface area contributed by atoms with E-state index in [9.17, 15) is 9.59 Å². The second kappa shape index (κ2) is 11.0. The van der Waals surface area contributed by atoms with Crippen LogP contribution in [0.5, 0.6) is 0 Å². The molecular weight excluding hydrogens is 504 g/mol. The first-order valence-electron chi connectivity index (χ1n) is 11.6. The van der Waals surface area contributed by atoms with E-state index in [1.54, 1.807) is 11.8 Å². The molecule has 7 heteroatoms. The highest BCUT2D eigenvalue weighted by atomic mass is 79.9. The molecule has 4 rings (SSSR count). The van der Waals surface area contributed by atoms with Gasteiger partial charge in [-0.15, -0.1) is 0 Å². The number of halogens is 1. The minimum absolute atomic E-state index is 0.00961. The maximum Gasteiger partial charge on any atom is 0.238 e. The monoisotopic (exact) mass is 532 g/mol. The predicted molar refractivity (Wildman–Crippen MR) is 146 cm³/mol. The Kier molecular flexibility index (Phi) is 7.78. The molecule has 0 saturated heterocycles.